The number of hydrogen-bond donors (Lipinski definition) is 1. The van der Waals surface area contributed by atoms with Crippen LogP contribution in [0.1, 0.15) is 46.1 Å². The quantitative estimate of drug-likeness (QED) is 0.814. The largest absolute Gasteiger partial charge is 0.490 e. The Bertz CT molecular complexity index is 459. The van der Waals surface area contributed by atoms with E-state index < -0.39 is 0 Å². The Balaban J connectivity index is 1.92. The molecule has 1 aliphatic rings. The highest BCUT2D eigenvalue weighted by atomic mass is 19.1. The number of fused-ring (bicyclic) bond motifs is 1. The van der Waals surface area contributed by atoms with Crippen molar-refractivity contribution in [2.75, 3.05) is 6.54 Å². The van der Waals surface area contributed by atoms with Crippen molar-refractivity contribution < 1.29 is 9.13 Å². The second kappa shape index (κ2) is 7.26. The van der Waals surface area contributed by atoms with Gasteiger partial charge in [0, 0.05) is 18.0 Å². The van der Waals surface area contributed by atoms with E-state index in [1.807, 2.05) is 0 Å². The molecule has 0 amide bonds. The first-order valence-electron chi connectivity index (χ1n) is 8.12. The average Bonchev–Trinajstić information content (AvgIpc) is 2.76. The molecule has 2 rings (SSSR count). The van der Waals surface area contributed by atoms with Gasteiger partial charge in [0.25, 0.3) is 0 Å². The van der Waals surface area contributed by atoms with E-state index in [9.17, 15) is 4.39 Å². The summed E-state index contributed by atoms with van der Waals surface area (Å²) in [6, 6.07) is 5.36. The van der Waals surface area contributed by atoms with Crippen LogP contribution in [-0.4, -0.2) is 18.7 Å². The summed E-state index contributed by atoms with van der Waals surface area (Å²) in [5, 5.41) is 3.54. The molecule has 0 fully saturated rings. The number of ether oxygens (including phenoxy) is 1. The molecule has 0 saturated carbocycles. The van der Waals surface area contributed by atoms with Gasteiger partial charge < -0.3 is 10.1 Å². The number of rotatable bonds is 7. The van der Waals surface area contributed by atoms with E-state index in [0.29, 0.717) is 17.9 Å². The van der Waals surface area contributed by atoms with E-state index in [1.165, 1.54) is 12.5 Å². The van der Waals surface area contributed by atoms with Gasteiger partial charge in [0.1, 0.15) is 17.7 Å². The molecule has 1 N–H and O–H groups in total. The van der Waals surface area contributed by atoms with E-state index in [0.717, 1.165) is 30.7 Å². The fraction of sp³-hybridized carbons (Fsp3) is 0.667. The van der Waals surface area contributed by atoms with Crippen LogP contribution in [0.5, 0.6) is 5.75 Å². The van der Waals surface area contributed by atoms with Crippen molar-refractivity contribution in [1.29, 1.82) is 0 Å². The average molecular weight is 293 g/mol. The molecular formula is C18H28FNO. The van der Waals surface area contributed by atoms with Gasteiger partial charge in [-0.3, -0.25) is 0 Å². The highest BCUT2D eigenvalue weighted by Crippen LogP contribution is 2.32. The van der Waals surface area contributed by atoms with Crippen molar-refractivity contribution in [3.8, 4) is 5.75 Å². The van der Waals surface area contributed by atoms with Gasteiger partial charge in [-0.25, -0.2) is 4.39 Å². The number of hydrogen-bond acceptors (Lipinski definition) is 2. The number of benzene rings is 1. The zero-order chi connectivity index (χ0) is 15.4. The summed E-state index contributed by atoms with van der Waals surface area (Å²) < 4.78 is 19.3. The first-order chi connectivity index (χ1) is 9.94. The molecule has 0 aromatic heterocycles. The van der Waals surface area contributed by atoms with Crippen LogP contribution < -0.4 is 10.1 Å². The molecule has 0 saturated heterocycles. The predicted octanol–water partition coefficient (Wildman–Crippen LogP) is 4.18. The van der Waals surface area contributed by atoms with Gasteiger partial charge in [-0.1, -0.05) is 27.7 Å². The van der Waals surface area contributed by atoms with Gasteiger partial charge >= 0.3 is 0 Å². The highest BCUT2D eigenvalue weighted by Gasteiger charge is 2.26. The molecule has 2 atom stereocenters. The number of nitrogens with one attached hydrogen (secondary N) is 1. The van der Waals surface area contributed by atoms with E-state index in [4.69, 9.17) is 4.74 Å². The molecule has 3 heteroatoms. The van der Waals surface area contributed by atoms with E-state index in [1.54, 1.807) is 12.1 Å². The first-order valence-corrected chi connectivity index (χ1v) is 8.12. The molecular weight excluding hydrogens is 265 g/mol. The van der Waals surface area contributed by atoms with E-state index >= 15 is 0 Å². The monoisotopic (exact) mass is 293 g/mol. The molecule has 2 unspecified atom stereocenters. The molecule has 0 radical (unpaired) electrons. The Morgan fingerprint density at radius 3 is 2.71 bits per heavy atom. The Labute approximate surface area is 128 Å². The molecule has 0 aliphatic carbocycles. The second-order valence-corrected chi connectivity index (χ2v) is 6.99. The molecule has 2 nitrogen and oxygen atoms in total. The van der Waals surface area contributed by atoms with Crippen molar-refractivity contribution in [1.82, 2.24) is 5.32 Å². The zero-order valence-electron chi connectivity index (χ0n) is 13.7. The van der Waals surface area contributed by atoms with Crippen molar-refractivity contribution in [3.05, 3.63) is 29.6 Å². The van der Waals surface area contributed by atoms with E-state index in [2.05, 4.69) is 33.0 Å². The Hall–Kier alpha value is -1.09. The second-order valence-electron chi connectivity index (χ2n) is 6.99. The lowest BCUT2D eigenvalue weighted by Crippen LogP contribution is -2.32. The van der Waals surface area contributed by atoms with Crippen molar-refractivity contribution >= 4 is 0 Å². The maximum Gasteiger partial charge on any atom is 0.123 e. The topological polar surface area (TPSA) is 21.3 Å². The van der Waals surface area contributed by atoms with E-state index in [-0.39, 0.29) is 11.9 Å². The summed E-state index contributed by atoms with van der Waals surface area (Å²) in [5.74, 6) is 1.99. The Morgan fingerprint density at radius 1 is 1.29 bits per heavy atom. The summed E-state index contributed by atoms with van der Waals surface area (Å²) in [7, 11) is 0. The van der Waals surface area contributed by atoms with Crippen LogP contribution in [0.3, 0.4) is 0 Å². The van der Waals surface area contributed by atoms with Crippen LogP contribution >= 0.6 is 0 Å². The van der Waals surface area contributed by atoms with Gasteiger partial charge in [-0.05, 0) is 49.4 Å². The van der Waals surface area contributed by atoms with Gasteiger partial charge in [0.2, 0.25) is 0 Å². The Morgan fingerprint density at radius 2 is 2.05 bits per heavy atom. The van der Waals surface area contributed by atoms with Gasteiger partial charge in [0.05, 0.1) is 0 Å². The molecule has 1 aromatic rings. The molecule has 1 aliphatic heterocycles. The zero-order valence-corrected chi connectivity index (χ0v) is 13.7. The normalized spacial score (nSPS) is 18.9. The standard InChI is InChI=1S/C18H28FNO/c1-12(2)7-14(11-20-13(3)4)8-17-10-15-9-16(19)5-6-18(15)21-17/h5-6,9,12-14,17,20H,7-8,10-11H2,1-4H3. The molecule has 1 aromatic carbocycles. The minimum absolute atomic E-state index is 0.168. The third-order valence-corrected chi connectivity index (χ3v) is 3.98. The van der Waals surface area contributed by atoms with Crippen molar-refractivity contribution in [2.24, 2.45) is 11.8 Å². The molecule has 21 heavy (non-hydrogen) atoms. The minimum atomic E-state index is -0.168. The van der Waals surface area contributed by atoms with Gasteiger partial charge in [-0.2, -0.15) is 0 Å². The summed E-state index contributed by atoms with van der Waals surface area (Å²) in [6.45, 7) is 9.92. The molecule has 1 heterocycles. The third kappa shape index (κ3) is 4.99. The highest BCUT2D eigenvalue weighted by molar-refractivity contribution is 5.37. The van der Waals surface area contributed by atoms with Crippen molar-refractivity contribution in [3.63, 3.8) is 0 Å². The van der Waals surface area contributed by atoms with Crippen LogP contribution in [0.15, 0.2) is 18.2 Å². The predicted molar refractivity (Wildman–Crippen MR) is 85.2 cm³/mol. The van der Waals surface area contributed by atoms with Gasteiger partial charge in [-0.15, -0.1) is 0 Å². The maximum absolute atomic E-state index is 13.3. The van der Waals surface area contributed by atoms with Crippen LogP contribution in [0.25, 0.3) is 0 Å². The minimum Gasteiger partial charge on any atom is -0.490 e. The lowest BCUT2D eigenvalue weighted by Gasteiger charge is -2.23. The van der Waals surface area contributed by atoms with Crippen LogP contribution in [-0.2, 0) is 6.42 Å². The van der Waals surface area contributed by atoms with Gasteiger partial charge in [0.15, 0.2) is 0 Å². The smallest absolute Gasteiger partial charge is 0.123 e. The van der Waals surface area contributed by atoms with Crippen LogP contribution in [0.2, 0.25) is 0 Å². The maximum atomic E-state index is 13.3. The third-order valence-electron chi connectivity index (χ3n) is 3.98. The summed E-state index contributed by atoms with van der Waals surface area (Å²) in [5.41, 5.74) is 1.01. The summed E-state index contributed by atoms with van der Waals surface area (Å²) in [4.78, 5) is 0. The number of halogens is 1. The first kappa shape index (κ1) is 16.3. The Kier molecular flexibility index (Phi) is 5.63. The lowest BCUT2D eigenvalue weighted by atomic mass is 9.90. The molecule has 118 valence electrons. The fourth-order valence-corrected chi connectivity index (χ4v) is 3.12. The molecule has 0 bridgehead atoms. The summed E-state index contributed by atoms with van der Waals surface area (Å²) in [6.07, 6.45) is 3.27. The lowest BCUT2D eigenvalue weighted by molar-refractivity contribution is 0.181. The fourth-order valence-electron chi connectivity index (χ4n) is 3.12. The van der Waals surface area contributed by atoms with Crippen LogP contribution in [0.4, 0.5) is 4.39 Å². The summed E-state index contributed by atoms with van der Waals surface area (Å²) >= 11 is 0. The van der Waals surface area contributed by atoms with Crippen molar-refractivity contribution in [2.45, 2.75) is 59.1 Å². The SMILES string of the molecule is CC(C)CC(CNC(C)C)CC1Cc2cc(F)ccc2O1. The van der Waals surface area contributed by atoms with Crippen LogP contribution in [0, 0.1) is 17.7 Å². The molecule has 0 spiro atoms.